The first-order valence-electron chi connectivity index (χ1n) is 4.97. The zero-order valence-electron chi connectivity index (χ0n) is 9.18. The van der Waals surface area contributed by atoms with Crippen molar-refractivity contribution < 1.29 is 32.5 Å². The van der Waals surface area contributed by atoms with Gasteiger partial charge in [-0.1, -0.05) is 6.92 Å². The van der Waals surface area contributed by atoms with Crippen LogP contribution in [0.1, 0.15) is 13.3 Å². The Labute approximate surface area is 96.8 Å². The predicted molar refractivity (Wildman–Crippen MR) is 53.3 cm³/mol. The van der Waals surface area contributed by atoms with Gasteiger partial charge < -0.3 is 14.7 Å². The third-order valence-corrected chi connectivity index (χ3v) is 3.13. The highest BCUT2D eigenvalue weighted by molar-refractivity contribution is 7.46. The lowest BCUT2D eigenvalue weighted by molar-refractivity contribution is -0.151. The molecule has 1 aliphatic heterocycles. The quantitative estimate of drug-likeness (QED) is 0.735. The van der Waals surface area contributed by atoms with Gasteiger partial charge in [0.15, 0.2) is 0 Å². The molecule has 100 valence electrons. The van der Waals surface area contributed by atoms with Crippen LogP contribution in [0.25, 0.3) is 0 Å². The Morgan fingerprint density at radius 3 is 2.65 bits per heavy atom. The summed E-state index contributed by atoms with van der Waals surface area (Å²) >= 11 is 0. The molecule has 0 aliphatic carbocycles. The number of hydrogen-bond donors (Lipinski definition) is 2. The smallest absolute Gasteiger partial charge is 0.335 e. The number of nitrogens with zero attached hydrogens (tertiary/aromatic N) is 1. The maximum absolute atomic E-state index is 13.3. The molecule has 0 spiro atoms. The van der Waals surface area contributed by atoms with Gasteiger partial charge in [0.1, 0.15) is 6.61 Å². The van der Waals surface area contributed by atoms with E-state index in [1.54, 1.807) is 0 Å². The molecule has 0 radical (unpaired) electrons. The third-order valence-electron chi connectivity index (χ3n) is 2.66. The number of hydrogen-bond acceptors (Lipinski definition) is 3. The van der Waals surface area contributed by atoms with E-state index >= 15 is 0 Å². The van der Waals surface area contributed by atoms with Crippen LogP contribution in [-0.2, 0) is 13.9 Å². The van der Waals surface area contributed by atoms with E-state index in [4.69, 9.17) is 9.79 Å². The zero-order valence-corrected chi connectivity index (χ0v) is 10.1. The molecule has 1 atom stereocenters. The number of carbonyl (C=O) groups excluding carboxylic acids is 1. The van der Waals surface area contributed by atoms with Gasteiger partial charge in [0.05, 0.1) is 6.54 Å². The molecule has 0 unspecified atom stereocenters. The second-order valence-electron chi connectivity index (χ2n) is 4.03. The molecule has 1 heterocycles. The molecule has 1 fully saturated rings. The third kappa shape index (κ3) is 4.31. The van der Waals surface area contributed by atoms with Gasteiger partial charge in [0, 0.05) is 12.5 Å². The average Bonchev–Trinajstić information content (AvgIpc) is 2.17. The van der Waals surface area contributed by atoms with Crippen LogP contribution in [0, 0.1) is 5.92 Å². The van der Waals surface area contributed by atoms with Crippen molar-refractivity contribution in [2.75, 3.05) is 19.7 Å². The summed E-state index contributed by atoms with van der Waals surface area (Å²) in [5, 5.41) is 0. The van der Waals surface area contributed by atoms with Crippen LogP contribution in [0.3, 0.4) is 0 Å². The molecule has 1 saturated heterocycles. The van der Waals surface area contributed by atoms with Gasteiger partial charge in [-0.2, -0.15) is 0 Å². The van der Waals surface area contributed by atoms with Crippen LogP contribution in [0.5, 0.6) is 0 Å². The number of amides is 1. The minimum Gasteiger partial charge on any atom is -0.335 e. The summed E-state index contributed by atoms with van der Waals surface area (Å²) in [6.45, 7) is -0.0969. The Morgan fingerprint density at radius 2 is 2.18 bits per heavy atom. The molecule has 6 nitrogen and oxygen atoms in total. The molecule has 0 aromatic carbocycles. The van der Waals surface area contributed by atoms with E-state index in [1.165, 1.54) is 6.92 Å². The highest BCUT2D eigenvalue weighted by Crippen LogP contribution is 2.36. The van der Waals surface area contributed by atoms with Crippen LogP contribution in [0.15, 0.2) is 0 Å². The molecule has 0 saturated carbocycles. The summed E-state index contributed by atoms with van der Waals surface area (Å²) in [6.07, 6.45) is 0.147. The second-order valence-corrected chi connectivity index (χ2v) is 5.27. The highest BCUT2D eigenvalue weighted by Gasteiger charge is 2.43. The lowest BCUT2D eigenvalue weighted by Crippen LogP contribution is -2.50. The van der Waals surface area contributed by atoms with E-state index < -0.39 is 38.7 Å². The van der Waals surface area contributed by atoms with Crippen molar-refractivity contribution in [3.63, 3.8) is 0 Å². The fourth-order valence-electron chi connectivity index (χ4n) is 1.49. The molecule has 0 aromatic rings. The molecule has 1 rings (SSSR count). The Hall–Kier alpha value is -0.560. The van der Waals surface area contributed by atoms with E-state index in [0.717, 1.165) is 4.90 Å². The van der Waals surface area contributed by atoms with E-state index in [-0.39, 0.29) is 13.0 Å². The molecular formula is C8H14F2NO5P. The normalized spacial score (nSPS) is 24.8. The molecule has 9 heteroatoms. The number of halogens is 2. The summed E-state index contributed by atoms with van der Waals surface area (Å²) < 4.78 is 40.9. The van der Waals surface area contributed by atoms with Crippen molar-refractivity contribution in [2.24, 2.45) is 5.92 Å². The second kappa shape index (κ2) is 4.97. The Balaban J connectivity index is 2.52. The average molecular weight is 273 g/mol. The van der Waals surface area contributed by atoms with Crippen LogP contribution in [-0.4, -0.2) is 46.2 Å². The number of alkyl halides is 2. The van der Waals surface area contributed by atoms with Gasteiger partial charge in [0.25, 0.3) is 5.92 Å². The molecule has 1 aliphatic rings. The van der Waals surface area contributed by atoms with Crippen molar-refractivity contribution in [1.82, 2.24) is 4.90 Å². The fraction of sp³-hybridized carbons (Fsp3) is 0.875. The number of phosphoric ester groups is 1. The summed E-state index contributed by atoms with van der Waals surface area (Å²) in [5.41, 5.74) is 0. The first-order chi connectivity index (χ1) is 7.62. The Morgan fingerprint density at radius 1 is 1.59 bits per heavy atom. The lowest BCUT2D eigenvalue weighted by Gasteiger charge is -2.36. The van der Waals surface area contributed by atoms with Gasteiger partial charge in [-0.05, 0) is 6.42 Å². The van der Waals surface area contributed by atoms with Crippen molar-refractivity contribution in [2.45, 2.75) is 19.3 Å². The van der Waals surface area contributed by atoms with E-state index in [1.807, 2.05) is 0 Å². The first-order valence-corrected chi connectivity index (χ1v) is 6.50. The first kappa shape index (κ1) is 14.5. The van der Waals surface area contributed by atoms with E-state index in [0.29, 0.717) is 0 Å². The van der Waals surface area contributed by atoms with Crippen LogP contribution in [0.4, 0.5) is 8.78 Å². The molecule has 0 aromatic heterocycles. The van der Waals surface area contributed by atoms with Crippen molar-refractivity contribution in [3.8, 4) is 0 Å². The number of phosphoric acid groups is 1. The number of carbonyl (C=O) groups is 1. The topological polar surface area (TPSA) is 87.1 Å². The fourth-order valence-corrected chi connectivity index (χ4v) is 1.77. The molecule has 2 N–H and O–H groups in total. The van der Waals surface area contributed by atoms with Gasteiger partial charge in [-0.15, -0.1) is 0 Å². The lowest BCUT2D eigenvalue weighted by atomic mass is 9.95. The number of likely N-dealkylation sites (tertiary alicyclic amines) is 1. The van der Waals surface area contributed by atoms with Gasteiger partial charge >= 0.3 is 7.82 Å². The van der Waals surface area contributed by atoms with Gasteiger partial charge in [-0.3, -0.25) is 9.32 Å². The number of piperidine rings is 1. The summed E-state index contributed by atoms with van der Waals surface area (Å²) in [5.74, 6) is -4.63. The Bertz CT molecular complexity index is 345. The van der Waals surface area contributed by atoms with Crippen LogP contribution in [0.2, 0.25) is 0 Å². The highest BCUT2D eigenvalue weighted by atomic mass is 31.2. The van der Waals surface area contributed by atoms with Crippen molar-refractivity contribution >= 4 is 13.7 Å². The van der Waals surface area contributed by atoms with E-state index in [2.05, 4.69) is 4.52 Å². The van der Waals surface area contributed by atoms with Crippen molar-refractivity contribution in [3.05, 3.63) is 0 Å². The van der Waals surface area contributed by atoms with Crippen LogP contribution >= 0.6 is 7.82 Å². The summed E-state index contributed by atoms with van der Waals surface area (Å²) in [4.78, 5) is 29.0. The van der Waals surface area contributed by atoms with Gasteiger partial charge in [0.2, 0.25) is 5.91 Å². The standard InChI is InChI=1S/C8H14F2NO5P/c1-6-2-3-11(5-8(6,9)10)7(12)4-16-17(13,14)15/h6H,2-5H2,1H3,(H2,13,14,15)/t6-/m0/s1. The maximum atomic E-state index is 13.3. The maximum Gasteiger partial charge on any atom is 0.470 e. The number of rotatable bonds is 3. The van der Waals surface area contributed by atoms with Crippen LogP contribution < -0.4 is 0 Å². The van der Waals surface area contributed by atoms with Crippen molar-refractivity contribution in [1.29, 1.82) is 0 Å². The molecule has 0 bridgehead atoms. The molecular weight excluding hydrogens is 259 g/mol. The summed E-state index contributed by atoms with van der Waals surface area (Å²) in [7, 11) is -4.75. The van der Waals surface area contributed by atoms with Gasteiger partial charge in [-0.25, -0.2) is 13.3 Å². The predicted octanol–water partition coefficient (Wildman–Crippen LogP) is 0.599. The Kier molecular flexibility index (Phi) is 4.24. The minimum atomic E-state index is -4.75. The molecule has 17 heavy (non-hydrogen) atoms. The summed E-state index contributed by atoms with van der Waals surface area (Å²) in [6, 6.07) is 0. The molecule has 1 amide bonds. The monoisotopic (exact) mass is 273 g/mol. The SMILES string of the molecule is C[C@H]1CCN(C(=O)COP(=O)(O)O)CC1(F)F. The van der Waals surface area contributed by atoms with E-state index in [9.17, 15) is 18.1 Å². The minimum absolute atomic E-state index is 0.139. The zero-order chi connectivity index (χ0) is 13.3. The largest absolute Gasteiger partial charge is 0.470 e.